The smallest absolute Gasteiger partial charge is 0.301 e. The second kappa shape index (κ2) is 2.85. The topological polar surface area (TPSA) is 34.8 Å². The molecule has 2 aromatic rings. The summed E-state index contributed by atoms with van der Waals surface area (Å²) in [4.78, 5) is 0. The van der Waals surface area contributed by atoms with Crippen LogP contribution < -0.4 is 4.57 Å². The summed E-state index contributed by atoms with van der Waals surface area (Å²) in [5.74, 6) is 1.64. The lowest BCUT2D eigenvalue weighted by Gasteiger charge is -1.95. The highest BCUT2D eigenvalue weighted by molar-refractivity contribution is 7.58. The lowest BCUT2D eigenvalue weighted by atomic mass is 10.4. The molecule has 0 amide bonds. The summed E-state index contributed by atoms with van der Waals surface area (Å²) in [7, 11) is 3.71. The van der Waals surface area contributed by atoms with E-state index < -0.39 is 0 Å². The van der Waals surface area contributed by atoms with Crippen molar-refractivity contribution in [3.63, 3.8) is 0 Å². The van der Waals surface area contributed by atoms with Gasteiger partial charge < -0.3 is 17.0 Å². The molecule has 0 N–H and O–H groups in total. The van der Waals surface area contributed by atoms with E-state index >= 15 is 0 Å². The summed E-state index contributed by atoms with van der Waals surface area (Å²) in [6.07, 6.45) is 1.63. The molecular formula is C8H9N3OS. The summed E-state index contributed by atoms with van der Waals surface area (Å²) in [6.45, 7) is 0. The summed E-state index contributed by atoms with van der Waals surface area (Å²) >= 11 is 5.02. The van der Waals surface area contributed by atoms with Gasteiger partial charge in [-0.3, -0.25) is 0 Å². The molecule has 4 nitrogen and oxygen atoms in total. The van der Waals surface area contributed by atoms with Crippen LogP contribution in [0.4, 0.5) is 0 Å². The molecule has 0 saturated carbocycles. The third-order valence-corrected chi connectivity index (χ3v) is 2.24. The van der Waals surface area contributed by atoms with E-state index in [-0.39, 0.29) is 0 Å². The van der Waals surface area contributed by atoms with E-state index in [0.29, 0.717) is 5.16 Å². The number of rotatable bonds is 1. The molecule has 0 radical (unpaired) electrons. The van der Waals surface area contributed by atoms with E-state index in [1.807, 2.05) is 30.8 Å². The number of furan rings is 1. The highest BCUT2D eigenvalue weighted by Crippen LogP contribution is 2.14. The van der Waals surface area contributed by atoms with Crippen molar-refractivity contribution in [3.05, 3.63) is 18.4 Å². The first-order valence-electron chi connectivity index (χ1n) is 3.84. The quantitative estimate of drug-likeness (QED) is 0.488. The normalized spacial score (nSPS) is 10.6. The van der Waals surface area contributed by atoms with Gasteiger partial charge in [0.25, 0.3) is 0 Å². The molecule has 0 aliphatic rings. The average Bonchev–Trinajstić information content (AvgIpc) is 2.63. The molecule has 5 heteroatoms. The molecular weight excluding hydrogens is 186 g/mol. The van der Waals surface area contributed by atoms with Gasteiger partial charge in [0.1, 0.15) is 0 Å². The van der Waals surface area contributed by atoms with Crippen molar-refractivity contribution in [2.75, 3.05) is 0 Å². The molecule has 0 aliphatic carbocycles. The van der Waals surface area contributed by atoms with Crippen molar-refractivity contribution in [1.82, 2.24) is 9.78 Å². The van der Waals surface area contributed by atoms with Crippen LogP contribution in [0.2, 0.25) is 0 Å². The van der Waals surface area contributed by atoms with E-state index in [1.165, 1.54) is 0 Å². The molecule has 0 bridgehead atoms. The van der Waals surface area contributed by atoms with Crippen molar-refractivity contribution in [3.8, 4) is 11.6 Å². The maximum atomic E-state index is 5.27. The second-order valence-corrected chi connectivity index (χ2v) is 3.13. The Morgan fingerprint density at radius 1 is 1.62 bits per heavy atom. The predicted molar refractivity (Wildman–Crippen MR) is 47.7 cm³/mol. The zero-order valence-electron chi connectivity index (χ0n) is 7.39. The van der Waals surface area contributed by atoms with E-state index in [1.54, 1.807) is 10.9 Å². The fourth-order valence-electron chi connectivity index (χ4n) is 1.28. The van der Waals surface area contributed by atoms with Crippen molar-refractivity contribution < 1.29 is 8.98 Å². The second-order valence-electron chi connectivity index (χ2n) is 2.77. The fourth-order valence-corrected chi connectivity index (χ4v) is 1.49. The van der Waals surface area contributed by atoms with Crippen LogP contribution in [0, 0.1) is 0 Å². The van der Waals surface area contributed by atoms with Gasteiger partial charge in [0, 0.05) is 5.10 Å². The molecule has 0 spiro atoms. The van der Waals surface area contributed by atoms with Crippen molar-refractivity contribution >= 4 is 12.6 Å². The van der Waals surface area contributed by atoms with E-state index in [2.05, 4.69) is 5.10 Å². The van der Waals surface area contributed by atoms with Crippen molar-refractivity contribution in [2.45, 2.75) is 5.16 Å². The molecule has 68 valence electrons. The largest absolute Gasteiger partial charge is 0.703 e. The van der Waals surface area contributed by atoms with Crippen molar-refractivity contribution in [2.24, 2.45) is 14.1 Å². The number of nitrogens with zero attached hydrogens (tertiary/aromatic N) is 3. The van der Waals surface area contributed by atoms with Crippen LogP contribution in [0.5, 0.6) is 0 Å². The highest BCUT2D eigenvalue weighted by Gasteiger charge is 2.18. The van der Waals surface area contributed by atoms with Crippen molar-refractivity contribution in [1.29, 1.82) is 0 Å². The Morgan fingerprint density at radius 3 is 2.85 bits per heavy atom. The molecule has 0 unspecified atom stereocenters. The predicted octanol–water partition coefficient (Wildman–Crippen LogP) is 0.410. The molecule has 2 heterocycles. The minimum absolute atomic E-state index is 0.550. The lowest BCUT2D eigenvalue weighted by molar-refractivity contribution is -0.699. The molecule has 0 aromatic carbocycles. The SMILES string of the molecule is Cn1nc([S-])[n+](C)c1-c1ccco1. The van der Waals surface area contributed by atoms with Crippen LogP contribution in [-0.4, -0.2) is 9.78 Å². The number of aryl methyl sites for hydroxylation is 1. The van der Waals surface area contributed by atoms with Crippen LogP contribution in [-0.2, 0) is 26.7 Å². The molecule has 0 atom stereocenters. The van der Waals surface area contributed by atoms with Gasteiger partial charge >= 0.3 is 5.82 Å². The van der Waals surface area contributed by atoms with Crippen LogP contribution in [0.3, 0.4) is 0 Å². The van der Waals surface area contributed by atoms with Crippen LogP contribution in [0.1, 0.15) is 0 Å². The summed E-state index contributed by atoms with van der Waals surface area (Å²) in [6, 6.07) is 3.72. The molecule has 2 rings (SSSR count). The van der Waals surface area contributed by atoms with Gasteiger partial charge in [0.05, 0.1) is 20.4 Å². The zero-order valence-corrected chi connectivity index (χ0v) is 8.21. The Bertz CT molecular complexity index is 419. The first kappa shape index (κ1) is 8.25. The monoisotopic (exact) mass is 195 g/mol. The van der Waals surface area contributed by atoms with Gasteiger partial charge in [0.15, 0.2) is 5.16 Å². The first-order chi connectivity index (χ1) is 6.20. The molecule has 13 heavy (non-hydrogen) atoms. The average molecular weight is 195 g/mol. The third-order valence-electron chi connectivity index (χ3n) is 1.89. The molecule has 0 aliphatic heterocycles. The minimum Gasteiger partial charge on any atom is -0.703 e. The van der Waals surface area contributed by atoms with Gasteiger partial charge in [-0.15, -0.1) is 4.68 Å². The Kier molecular flexibility index (Phi) is 1.81. The van der Waals surface area contributed by atoms with Gasteiger partial charge in [-0.1, -0.05) is 0 Å². The van der Waals surface area contributed by atoms with Gasteiger partial charge in [-0.25, -0.2) is 4.57 Å². The molecule has 0 fully saturated rings. The maximum absolute atomic E-state index is 5.27. The Balaban J connectivity index is 2.64. The fraction of sp³-hybridized carbons (Fsp3) is 0.250. The zero-order chi connectivity index (χ0) is 9.42. The molecule has 2 aromatic heterocycles. The summed E-state index contributed by atoms with van der Waals surface area (Å²) < 4.78 is 8.79. The first-order valence-corrected chi connectivity index (χ1v) is 4.25. The molecule has 0 saturated heterocycles. The maximum Gasteiger partial charge on any atom is 0.301 e. The van der Waals surface area contributed by atoms with Gasteiger partial charge in [-0.2, -0.15) is 0 Å². The van der Waals surface area contributed by atoms with Crippen LogP contribution in [0.25, 0.3) is 11.6 Å². The van der Waals surface area contributed by atoms with Crippen LogP contribution >= 0.6 is 0 Å². The van der Waals surface area contributed by atoms with E-state index in [0.717, 1.165) is 11.6 Å². The lowest BCUT2D eigenvalue weighted by Crippen LogP contribution is -2.31. The summed E-state index contributed by atoms with van der Waals surface area (Å²) in [5, 5.41) is 4.65. The minimum atomic E-state index is 0.550. The standard InChI is InChI=1S/C8H9N3OS/c1-10-7(6-4-3-5-12-6)11(2)9-8(10)13/h3-5H,1-2H3. The van der Waals surface area contributed by atoms with Gasteiger partial charge in [0.2, 0.25) is 5.76 Å². The number of aromatic nitrogens is 3. The highest BCUT2D eigenvalue weighted by atomic mass is 32.1. The Labute approximate surface area is 81.2 Å². The summed E-state index contributed by atoms with van der Waals surface area (Å²) in [5.41, 5.74) is 0. The third kappa shape index (κ3) is 1.21. The van der Waals surface area contributed by atoms with Crippen LogP contribution in [0.15, 0.2) is 28.0 Å². The Hall–Kier alpha value is -1.36. The van der Waals surface area contributed by atoms with E-state index in [4.69, 9.17) is 17.0 Å². The number of hydrogen-bond acceptors (Lipinski definition) is 3. The van der Waals surface area contributed by atoms with Gasteiger partial charge in [-0.05, 0) is 12.1 Å². The van der Waals surface area contributed by atoms with E-state index in [9.17, 15) is 0 Å². The number of hydrogen-bond donors (Lipinski definition) is 0. The Morgan fingerprint density at radius 2 is 2.38 bits per heavy atom.